The molecule has 4 nitrogen and oxygen atoms in total. The van der Waals surface area contributed by atoms with Crippen LogP contribution in [0.3, 0.4) is 0 Å². The van der Waals surface area contributed by atoms with Gasteiger partial charge in [0.25, 0.3) is 5.78 Å². The molecule has 13 heavy (non-hydrogen) atoms. The van der Waals surface area contributed by atoms with E-state index in [0.717, 1.165) is 18.7 Å². The Morgan fingerprint density at radius 3 is 2.85 bits per heavy atom. The molecular formula is C9H12N4. The van der Waals surface area contributed by atoms with Gasteiger partial charge in [-0.1, -0.05) is 13.8 Å². The van der Waals surface area contributed by atoms with Crippen LogP contribution in [0.4, 0.5) is 0 Å². The molecule has 0 saturated heterocycles. The highest BCUT2D eigenvalue weighted by atomic mass is 15.3. The third-order valence-corrected chi connectivity index (χ3v) is 2.02. The third kappa shape index (κ3) is 1.39. The van der Waals surface area contributed by atoms with Crippen LogP contribution in [0.5, 0.6) is 0 Å². The lowest BCUT2D eigenvalue weighted by atomic mass is 10.3. The van der Waals surface area contributed by atoms with Crippen LogP contribution in [0, 0.1) is 0 Å². The van der Waals surface area contributed by atoms with E-state index >= 15 is 0 Å². The minimum atomic E-state index is 0.689. The monoisotopic (exact) mass is 176 g/mol. The maximum Gasteiger partial charge on any atom is 0.252 e. The Bertz CT molecular complexity index is 416. The topological polar surface area (TPSA) is 43.1 Å². The Kier molecular flexibility index (Phi) is 1.96. The first-order chi connectivity index (χ1) is 6.33. The highest BCUT2D eigenvalue weighted by Gasteiger charge is 2.02. The maximum atomic E-state index is 4.28. The van der Waals surface area contributed by atoms with Gasteiger partial charge in [0.1, 0.15) is 0 Å². The second kappa shape index (κ2) is 3.12. The summed E-state index contributed by atoms with van der Waals surface area (Å²) in [5, 5.41) is 4.28. The molecule has 0 saturated carbocycles. The molecule has 0 spiro atoms. The molecule has 0 radical (unpaired) electrons. The average Bonchev–Trinajstić information content (AvgIpc) is 2.58. The van der Waals surface area contributed by atoms with Crippen molar-refractivity contribution in [1.29, 1.82) is 0 Å². The summed E-state index contributed by atoms with van der Waals surface area (Å²) in [6.07, 6.45) is 5.66. The van der Waals surface area contributed by atoms with Crippen molar-refractivity contribution < 1.29 is 0 Å². The van der Waals surface area contributed by atoms with Crippen LogP contribution >= 0.6 is 0 Å². The Hall–Kier alpha value is -1.45. The van der Waals surface area contributed by atoms with Gasteiger partial charge in [-0.25, -0.2) is 9.50 Å². The van der Waals surface area contributed by atoms with E-state index in [9.17, 15) is 0 Å². The van der Waals surface area contributed by atoms with Gasteiger partial charge in [-0.15, -0.1) is 5.10 Å². The van der Waals surface area contributed by atoms with Crippen molar-refractivity contribution in [2.75, 3.05) is 0 Å². The largest absolute Gasteiger partial charge is 0.252 e. The predicted molar refractivity (Wildman–Crippen MR) is 49.5 cm³/mol. The fourth-order valence-electron chi connectivity index (χ4n) is 1.20. The molecule has 0 aliphatic rings. The summed E-state index contributed by atoms with van der Waals surface area (Å²) in [4.78, 5) is 8.46. The average molecular weight is 176 g/mol. The molecule has 0 aromatic carbocycles. The zero-order valence-electron chi connectivity index (χ0n) is 7.86. The van der Waals surface area contributed by atoms with E-state index in [-0.39, 0.29) is 0 Å². The molecule has 4 heteroatoms. The van der Waals surface area contributed by atoms with Gasteiger partial charge in [-0.2, -0.15) is 4.98 Å². The number of hydrogen-bond acceptors (Lipinski definition) is 3. The van der Waals surface area contributed by atoms with Gasteiger partial charge < -0.3 is 0 Å². The number of aryl methyl sites for hydroxylation is 2. The Morgan fingerprint density at radius 1 is 1.31 bits per heavy atom. The van der Waals surface area contributed by atoms with Gasteiger partial charge in [-0.3, -0.25) is 0 Å². The van der Waals surface area contributed by atoms with Gasteiger partial charge in [0.2, 0.25) is 0 Å². The van der Waals surface area contributed by atoms with Crippen LogP contribution in [0.2, 0.25) is 0 Å². The maximum absolute atomic E-state index is 4.28. The number of aromatic nitrogens is 4. The summed E-state index contributed by atoms with van der Waals surface area (Å²) in [6, 6.07) is 0. The van der Waals surface area contributed by atoms with E-state index in [1.165, 1.54) is 5.56 Å². The van der Waals surface area contributed by atoms with Crippen LogP contribution in [0.15, 0.2) is 12.4 Å². The highest BCUT2D eigenvalue weighted by molar-refractivity contribution is 5.27. The molecule has 68 valence electrons. The van der Waals surface area contributed by atoms with Crippen molar-refractivity contribution in [3.05, 3.63) is 23.8 Å². The van der Waals surface area contributed by atoms with Crippen LogP contribution in [-0.4, -0.2) is 19.6 Å². The molecule has 0 fully saturated rings. The lowest BCUT2D eigenvalue weighted by Gasteiger charge is -1.94. The second-order valence-electron chi connectivity index (χ2n) is 2.94. The van der Waals surface area contributed by atoms with Gasteiger partial charge in [0, 0.05) is 18.8 Å². The summed E-state index contributed by atoms with van der Waals surface area (Å²) in [7, 11) is 0. The number of rotatable bonds is 2. The smallest absolute Gasteiger partial charge is 0.219 e. The number of hydrogen-bond donors (Lipinski definition) is 0. The van der Waals surface area contributed by atoms with E-state index in [4.69, 9.17) is 0 Å². The second-order valence-corrected chi connectivity index (χ2v) is 2.94. The van der Waals surface area contributed by atoms with Crippen LogP contribution in [0.1, 0.15) is 25.2 Å². The Balaban J connectivity index is 2.57. The summed E-state index contributed by atoms with van der Waals surface area (Å²) in [5.74, 6) is 1.54. The molecule has 0 unspecified atom stereocenters. The molecule has 0 N–H and O–H groups in total. The van der Waals surface area contributed by atoms with E-state index in [0.29, 0.717) is 5.78 Å². The zero-order chi connectivity index (χ0) is 9.26. The summed E-state index contributed by atoms with van der Waals surface area (Å²) >= 11 is 0. The quantitative estimate of drug-likeness (QED) is 0.691. The first-order valence-electron chi connectivity index (χ1n) is 4.53. The molecule has 0 aliphatic heterocycles. The Labute approximate surface area is 76.6 Å². The molecule has 2 rings (SSSR count). The first-order valence-corrected chi connectivity index (χ1v) is 4.53. The minimum absolute atomic E-state index is 0.689. The predicted octanol–water partition coefficient (Wildman–Crippen LogP) is 1.25. The molecular weight excluding hydrogens is 164 g/mol. The standard InChI is InChI=1S/C9H12N4/c1-3-7-5-10-9-11-8(4-2)12-13(9)6-7/h5-6H,3-4H2,1-2H3. The molecule has 0 atom stereocenters. The van der Waals surface area contributed by atoms with Gasteiger partial charge >= 0.3 is 0 Å². The van der Waals surface area contributed by atoms with E-state index in [1.54, 1.807) is 4.52 Å². The van der Waals surface area contributed by atoms with Crippen molar-refractivity contribution in [3.8, 4) is 0 Å². The summed E-state index contributed by atoms with van der Waals surface area (Å²) in [6.45, 7) is 4.13. The molecule has 0 aliphatic carbocycles. The molecule has 2 aromatic heterocycles. The van der Waals surface area contributed by atoms with Crippen molar-refractivity contribution in [2.24, 2.45) is 0 Å². The van der Waals surface area contributed by atoms with Gasteiger partial charge in [-0.05, 0) is 12.0 Å². The van der Waals surface area contributed by atoms with Crippen LogP contribution in [0.25, 0.3) is 5.78 Å². The van der Waals surface area contributed by atoms with E-state index in [1.807, 2.05) is 19.3 Å². The minimum Gasteiger partial charge on any atom is -0.219 e. The van der Waals surface area contributed by atoms with E-state index < -0.39 is 0 Å². The highest BCUT2D eigenvalue weighted by Crippen LogP contribution is 2.02. The number of fused-ring (bicyclic) bond motifs is 1. The Morgan fingerprint density at radius 2 is 2.15 bits per heavy atom. The zero-order valence-corrected chi connectivity index (χ0v) is 7.86. The van der Waals surface area contributed by atoms with Crippen molar-refractivity contribution in [2.45, 2.75) is 26.7 Å². The fraction of sp³-hybridized carbons (Fsp3) is 0.444. The molecule has 0 bridgehead atoms. The van der Waals surface area contributed by atoms with Crippen molar-refractivity contribution >= 4 is 5.78 Å². The first kappa shape index (κ1) is 8.16. The van der Waals surface area contributed by atoms with Crippen LogP contribution < -0.4 is 0 Å². The van der Waals surface area contributed by atoms with Gasteiger partial charge in [0.15, 0.2) is 5.82 Å². The van der Waals surface area contributed by atoms with Crippen LogP contribution in [-0.2, 0) is 12.8 Å². The lowest BCUT2D eigenvalue weighted by Crippen LogP contribution is -1.93. The third-order valence-electron chi connectivity index (χ3n) is 2.02. The lowest BCUT2D eigenvalue weighted by molar-refractivity contribution is 0.866. The van der Waals surface area contributed by atoms with E-state index in [2.05, 4.69) is 22.0 Å². The normalized spacial score (nSPS) is 10.9. The SMILES string of the molecule is CCc1cnc2nc(CC)nn2c1. The fourth-order valence-corrected chi connectivity index (χ4v) is 1.20. The molecule has 2 aromatic rings. The van der Waals surface area contributed by atoms with Gasteiger partial charge in [0.05, 0.1) is 0 Å². The van der Waals surface area contributed by atoms with Crippen molar-refractivity contribution in [3.63, 3.8) is 0 Å². The van der Waals surface area contributed by atoms with Crippen molar-refractivity contribution in [1.82, 2.24) is 19.6 Å². The summed E-state index contributed by atoms with van der Waals surface area (Å²) in [5.41, 5.74) is 1.18. The molecule has 2 heterocycles. The summed E-state index contributed by atoms with van der Waals surface area (Å²) < 4.78 is 1.75. The number of nitrogens with zero attached hydrogens (tertiary/aromatic N) is 4. The molecule has 0 amide bonds.